The molecule has 0 unspecified atom stereocenters. The molecule has 0 heterocycles. The molecule has 0 rings (SSSR count). The molecule has 0 aromatic carbocycles. The molecule has 0 aromatic heterocycles. The van der Waals surface area contributed by atoms with Crippen LogP contribution in [0, 0.1) is 5.92 Å². The highest BCUT2D eigenvalue weighted by atomic mass is 16.4. The molecule has 3 atom stereocenters. The number of aliphatic hydroxyl groups excluding tert-OH is 2. The molecule has 0 radical (unpaired) electrons. The summed E-state index contributed by atoms with van der Waals surface area (Å²) in [5, 5.41) is 34.3. The molecule has 5 N–H and O–H groups in total. The Kier molecular flexibility index (Phi) is 20.5. The normalized spacial score (nSPS) is 15.0. The number of carboxylic acids is 1. The third-order valence-corrected chi connectivity index (χ3v) is 5.69. The van der Waals surface area contributed by atoms with Gasteiger partial charge >= 0.3 is 5.97 Å². The number of amides is 2. The molecule has 0 aliphatic carbocycles. The predicted octanol–water partition coefficient (Wildman–Crippen LogP) is 3.97. The molecule has 0 fully saturated rings. The van der Waals surface area contributed by atoms with Gasteiger partial charge in [-0.1, -0.05) is 88.1 Å². The van der Waals surface area contributed by atoms with E-state index in [1.165, 1.54) is 31.8 Å². The summed E-state index contributed by atoms with van der Waals surface area (Å²) >= 11 is 0. The van der Waals surface area contributed by atoms with Crippen molar-refractivity contribution in [2.45, 2.75) is 84.3 Å². The highest BCUT2D eigenvalue weighted by Gasteiger charge is 2.22. The van der Waals surface area contributed by atoms with Gasteiger partial charge in [-0.25, -0.2) is 4.79 Å². The van der Waals surface area contributed by atoms with Gasteiger partial charge in [0.05, 0.1) is 24.5 Å². The molecule has 0 aromatic rings. The molecule has 0 bridgehead atoms. The lowest BCUT2D eigenvalue weighted by Gasteiger charge is -2.19. The lowest BCUT2D eigenvalue weighted by Crippen LogP contribution is -2.42. The second-order valence-electron chi connectivity index (χ2n) is 9.01. The molecule has 2 amide bonds. The summed E-state index contributed by atoms with van der Waals surface area (Å²) in [5.41, 5.74) is 0.687. The van der Waals surface area contributed by atoms with Crippen molar-refractivity contribution in [2.24, 2.45) is 5.92 Å². The number of carbonyl (C=O) groups excluding carboxylic acids is 2. The quantitative estimate of drug-likeness (QED) is 0.0940. The lowest BCUT2D eigenvalue weighted by atomic mass is 10.0. The summed E-state index contributed by atoms with van der Waals surface area (Å²) < 4.78 is 0. The van der Waals surface area contributed by atoms with Gasteiger partial charge in [-0.05, 0) is 31.8 Å². The van der Waals surface area contributed by atoms with Crippen LogP contribution in [0.25, 0.3) is 0 Å². The lowest BCUT2D eigenvalue weighted by molar-refractivity contribution is -0.131. The van der Waals surface area contributed by atoms with Gasteiger partial charge in [0.2, 0.25) is 11.8 Å². The number of unbranched alkanes of at least 4 members (excludes halogenated alkanes) is 5. The summed E-state index contributed by atoms with van der Waals surface area (Å²) in [6.45, 7) is 5.83. The van der Waals surface area contributed by atoms with Crippen molar-refractivity contribution in [3.63, 3.8) is 0 Å². The fraction of sp³-hybridized carbons (Fsp3) is 0.552. The summed E-state index contributed by atoms with van der Waals surface area (Å²) in [5.74, 6) is -2.46. The van der Waals surface area contributed by atoms with E-state index in [4.69, 9.17) is 5.11 Å². The van der Waals surface area contributed by atoms with Crippen molar-refractivity contribution in [3.8, 4) is 0 Å². The second kappa shape index (κ2) is 22.2. The number of hydrogen-bond donors (Lipinski definition) is 5. The number of nitrogens with one attached hydrogen (secondary N) is 2. The molecule has 0 spiro atoms. The molecule has 8 heteroatoms. The van der Waals surface area contributed by atoms with Crippen LogP contribution in [0.1, 0.15) is 72.1 Å². The summed E-state index contributed by atoms with van der Waals surface area (Å²) in [4.78, 5) is 34.7. The largest absolute Gasteiger partial charge is 0.478 e. The first-order valence-electron chi connectivity index (χ1n) is 13.2. The van der Waals surface area contributed by atoms with Gasteiger partial charge in [0.1, 0.15) is 0 Å². The Bertz CT molecular complexity index is 813. The van der Waals surface area contributed by atoms with Crippen LogP contribution in [-0.2, 0) is 14.4 Å². The van der Waals surface area contributed by atoms with E-state index in [-0.39, 0.29) is 18.9 Å². The van der Waals surface area contributed by atoms with E-state index in [1.807, 2.05) is 18.2 Å². The number of allylic oxidation sites excluding steroid dienone is 7. The molecule has 208 valence electrons. The van der Waals surface area contributed by atoms with E-state index < -0.39 is 30.0 Å². The minimum Gasteiger partial charge on any atom is -0.478 e. The van der Waals surface area contributed by atoms with Crippen molar-refractivity contribution in [1.29, 1.82) is 0 Å². The Morgan fingerprint density at radius 1 is 0.865 bits per heavy atom. The minimum absolute atomic E-state index is 0.0879. The molecule has 0 saturated heterocycles. The third-order valence-electron chi connectivity index (χ3n) is 5.69. The maximum Gasteiger partial charge on any atom is 0.328 e. The molecular weight excluding hydrogens is 472 g/mol. The van der Waals surface area contributed by atoms with Crippen LogP contribution in [0.15, 0.2) is 60.3 Å². The maximum atomic E-state index is 12.2. The molecule has 8 nitrogen and oxygen atoms in total. The summed E-state index contributed by atoms with van der Waals surface area (Å²) in [6, 6.07) is 0. The fourth-order valence-electron chi connectivity index (χ4n) is 3.15. The SMILES string of the molecule is CCCCCCC/C=C/C=C(\C)[C@H](O)CC(=O)NC[C@H](O)[C@H](C)C(=O)NCC/C=C/C=C/C=C/C(=O)O. The first kappa shape index (κ1) is 34.0. The Morgan fingerprint density at radius 2 is 1.54 bits per heavy atom. The van der Waals surface area contributed by atoms with Crippen LogP contribution < -0.4 is 10.6 Å². The Hall–Kier alpha value is -2.97. The minimum atomic E-state index is -1.06. The average Bonchev–Trinajstić information content (AvgIpc) is 2.86. The van der Waals surface area contributed by atoms with E-state index in [9.17, 15) is 24.6 Å². The van der Waals surface area contributed by atoms with Gasteiger partial charge in [-0.15, -0.1) is 0 Å². The van der Waals surface area contributed by atoms with Crippen molar-refractivity contribution >= 4 is 17.8 Å². The van der Waals surface area contributed by atoms with E-state index in [0.29, 0.717) is 18.5 Å². The average molecular weight is 519 g/mol. The predicted molar refractivity (Wildman–Crippen MR) is 148 cm³/mol. The monoisotopic (exact) mass is 518 g/mol. The van der Waals surface area contributed by atoms with Gasteiger partial charge in [-0.3, -0.25) is 9.59 Å². The first-order chi connectivity index (χ1) is 17.7. The van der Waals surface area contributed by atoms with Crippen LogP contribution in [0.4, 0.5) is 0 Å². The number of carboxylic acid groups (broad SMARTS) is 1. The number of hydrogen-bond acceptors (Lipinski definition) is 5. The van der Waals surface area contributed by atoms with Gasteiger partial charge in [0.25, 0.3) is 0 Å². The third kappa shape index (κ3) is 19.8. The van der Waals surface area contributed by atoms with Crippen molar-refractivity contribution in [2.75, 3.05) is 13.1 Å². The van der Waals surface area contributed by atoms with Crippen molar-refractivity contribution < 1.29 is 29.7 Å². The van der Waals surface area contributed by atoms with Crippen LogP contribution in [0.3, 0.4) is 0 Å². The topological polar surface area (TPSA) is 136 Å². The number of rotatable bonds is 20. The fourth-order valence-corrected chi connectivity index (χ4v) is 3.15. The highest BCUT2D eigenvalue weighted by Crippen LogP contribution is 2.09. The molecule has 0 aliphatic rings. The number of aliphatic carboxylic acids is 1. The van der Waals surface area contributed by atoms with Gasteiger partial charge in [-0.2, -0.15) is 0 Å². The van der Waals surface area contributed by atoms with Gasteiger partial charge in [0, 0.05) is 19.2 Å². The molecule has 0 aliphatic heterocycles. The number of carbonyl (C=O) groups is 3. The first-order valence-corrected chi connectivity index (χ1v) is 13.2. The van der Waals surface area contributed by atoms with E-state index >= 15 is 0 Å². The van der Waals surface area contributed by atoms with Gasteiger partial charge < -0.3 is 26.0 Å². The van der Waals surface area contributed by atoms with Crippen molar-refractivity contribution in [1.82, 2.24) is 10.6 Å². The molecule has 37 heavy (non-hydrogen) atoms. The zero-order valence-corrected chi connectivity index (χ0v) is 22.6. The van der Waals surface area contributed by atoms with E-state index in [0.717, 1.165) is 18.9 Å². The summed E-state index contributed by atoms with van der Waals surface area (Å²) in [6.07, 6.45) is 20.7. The zero-order chi connectivity index (χ0) is 27.9. The molecular formula is C29H46N2O6. The van der Waals surface area contributed by atoms with E-state index in [2.05, 4.69) is 23.6 Å². The van der Waals surface area contributed by atoms with Crippen LogP contribution >= 0.6 is 0 Å². The van der Waals surface area contributed by atoms with Crippen molar-refractivity contribution in [3.05, 3.63) is 60.3 Å². The molecule has 0 saturated carbocycles. The smallest absolute Gasteiger partial charge is 0.328 e. The Balaban J connectivity index is 4.20. The van der Waals surface area contributed by atoms with Crippen LogP contribution in [0.2, 0.25) is 0 Å². The van der Waals surface area contributed by atoms with Gasteiger partial charge in [0.15, 0.2) is 0 Å². The maximum absolute atomic E-state index is 12.2. The van der Waals surface area contributed by atoms with E-state index in [1.54, 1.807) is 32.1 Å². The van der Waals surface area contributed by atoms with Crippen LogP contribution in [0.5, 0.6) is 0 Å². The van der Waals surface area contributed by atoms with Crippen LogP contribution in [-0.4, -0.2) is 58.4 Å². The second-order valence-corrected chi connectivity index (χ2v) is 9.01. The standard InChI is InChI=1S/C29H46N2O6/c1-4-5-6-7-8-9-12-15-18-23(2)25(32)21-27(34)31-22-26(33)24(3)29(37)30-20-17-14-11-10-13-16-19-28(35)36/h10-16,18-19,24-26,32-33H,4-9,17,20-22H2,1-3H3,(H,30,37)(H,31,34)(H,35,36)/b13-10+,14-11+,15-12+,19-16+,23-18+/t24-,25+,26-/m0/s1. The zero-order valence-electron chi connectivity index (χ0n) is 22.6. The highest BCUT2D eigenvalue weighted by molar-refractivity contribution is 5.80. The Morgan fingerprint density at radius 3 is 2.24 bits per heavy atom. The Labute approximate surface area is 221 Å². The summed E-state index contributed by atoms with van der Waals surface area (Å²) in [7, 11) is 0. The number of aliphatic hydroxyl groups is 2.